The fourth-order valence-corrected chi connectivity index (χ4v) is 7.65. The predicted molar refractivity (Wildman–Crippen MR) is 223 cm³/mol. The summed E-state index contributed by atoms with van der Waals surface area (Å²) in [5.74, 6) is 8.08. The topological polar surface area (TPSA) is 126 Å². The van der Waals surface area contributed by atoms with Gasteiger partial charge in [0.05, 0.1) is 22.8 Å². The minimum atomic E-state index is 0.436. The Morgan fingerprint density at radius 1 is 0.357 bits per heavy atom. The van der Waals surface area contributed by atoms with Gasteiger partial charge in [-0.15, -0.1) is 0 Å². The molecule has 8 heteroatoms. The van der Waals surface area contributed by atoms with Gasteiger partial charge in [0.25, 0.3) is 0 Å². The van der Waals surface area contributed by atoms with Crippen LogP contribution < -0.4 is 0 Å². The lowest BCUT2D eigenvalue weighted by atomic mass is 9.96. The first kappa shape index (κ1) is 34.1. The minimum Gasteiger partial charge on any atom is -0.354 e. The third kappa shape index (κ3) is 6.16. The van der Waals surface area contributed by atoms with Gasteiger partial charge < -0.3 is 9.97 Å². The fourth-order valence-electron chi connectivity index (χ4n) is 7.65. The summed E-state index contributed by atoms with van der Waals surface area (Å²) >= 11 is 0. The van der Waals surface area contributed by atoms with Crippen LogP contribution in [0.25, 0.3) is 68.7 Å². The molecule has 0 spiro atoms. The van der Waals surface area contributed by atoms with Crippen LogP contribution >= 0.6 is 0 Å². The summed E-state index contributed by atoms with van der Waals surface area (Å²) in [5.41, 5.74) is 15.4. The zero-order valence-electron chi connectivity index (χ0n) is 29.9. The summed E-state index contributed by atoms with van der Waals surface area (Å²) in [7, 11) is 0. The highest BCUT2D eigenvalue weighted by Gasteiger charge is 2.21. The third-order valence-corrected chi connectivity index (χ3v) is 10.5. The number of rotatable bonds is 4. The Bertz CT molecular complexity index is 2620. The number of hydrogen-bond donors (Lipinski definition) is 2. The molecule has 3 aromatic rings. The number of nitrogens with one attached hydrogen (secondary N) is 2. The lowest BCUT2D eigenvalue weighted by molar-refractivity contribution is 0.566. The Labute approximate surface area is 320 Å². The van der Waals surface area contributed by atoms with Gasteiger partial charge in [0.1, 0.15) is 23.8 Å². The molecule has 0 saturated carbocycles. The van der Waals surface area contributed by atoms with E-state index in [1.807, 2.05) is 121 Å². The van der Waals surface area contributed by atoms with Crippen molar-refractivity contribution in [3.8, 4) is 0 Å². The van der Waals surface area contributed by atoms with E-state index in [1.54, 1.807) is 24.3 Å². The smallest absolute Gasteiger partial charge is 0.128 e. The van der Waals surface area contributed by atoms with Crippen molar-refractivity contribution in [3.63, 3.8) is 0 Å². The maximum Gasteiger partial charge on any atom is 0.128 e. The number of H-pyrrole nitrogens is 2. The number of carbonyl (C=O) groups excluding carboxylic acids is 4. The molecule has 6 aliphatic rings. The molecule has 56 heavy (non-hydrogen) atoms. The molecular weight excluding hydrogens is 697 g/mol. The van der Waals surface area contributed by atoms with Crippen molar-refractivity contribution in [2.75, 3.05) is 0 Å². The lowest BCUT2D eigenvalue weighted by Gasteiger charge is -2.11. The van der Waals surface area contributed by atoms with Crippen molar-refractivity contribution in [2.45, 2.75) is 25.7 Å². The average Bonchev–Trinajstić information content (AvgIpc) is 4.10. The molecule has 2 N–H and O–H groups in total. The second kappa shape index (κ2) is 14.3. The van der Waals surface area contributed by atoms with Crippen LogP contribution in [0.3, 0.4) is 0 Å². The Kier molecular flexibility index (Phi) is 8.70. The number of aromatic amines is 2. The van der Waals surface area contributed by atoms with Gasteiger partial charge in [-0.3, -0.25) is 0 Å². The van der Waals surface area contributed by atoms with Gasteiger partial charge >= 0.3 is 0 Å². The Morgan fingerprint density at radius 3 is 0.804 bits per heavy atom. The van der Waals surface area contributed by atoms with E-state index in [4.69, 9.17) is 9.97 Å². The number of fused-ring (bicyclic) bond motifs is 8. The SMILES string of the molecule is O=C=C1C=CC(c2c3nc(c(C4=CCC(=C=O)C=C4)c4ccc([nH]4)c(C4=CCC(=C=O)C=C4)c4nc(c(C5=CCC(=C=O)C=C5)c5ccc2[nH]5)C=C4)C=C3)=CC1. The van der Waals surface area contributed by atoms with Gasteiger partial charge in [-0.25, -0.2) is 29.1 Å². The molecule has 8 bridgehead atoms. The van der Waals surface area contributed by atoms with E-state index < -0.39 is 0 Å². The summed E-state index contributed by atoms with van der Waals surface area (Å²) in [4.78, 5) is 64.1. The zero-order valence-corrected chi connectivity index (χ0v) is 29.9. The predicted octanol–water partition coefficient (Wildman–Crippen LogP) is 9.06. The molecule has 9 rings (SSSR count). The van der Waals surface area contributed by atoms with E-state index in [2.05, 4.69) is 9.97 Å². The maximum atomic E-state index is 11.5. The first-order valence-electron chi connectivity index (χ1n) is 18.2. The van der Waals surface area contributed by atoms with Gasteiger partial charge in [0, 0.05) is 92.3 Å². The molecule has 0 aromatic carbocycles. The van der Waals surface area contributed by atoms with Crippen LogP contribution in [0.4, 0.5) is 0 Å². The van der Waals surface area contributed by atoms with Crippen molar-refractivity contribution >= 4 is 92.4 Å². The molecule has 5 heterocycles. The van der Waals surface area contributed by atoms with E-state index in [0.717, 1.165) is 89.4 Å². The molecule has 0 atom stereocenters. The van der Waals surface area contributed by atoms with Crippen LogP contribution in [-0.2, 0) is 19.2 Å². The molecule has 0 radical (unpaired) electrons. The van der Waals surface area contributed by atoms with Crippen LogP contribution in [0.15, 0.2) is 119 Å². The van der Waals surface area contributed by atoms with E-state index in [0.29, 0.717) is 48.0 Å². The molecule has 266 valence electrons. The number of nitrogens with zero attached hydrogens (tertiary/aromatic N) is 2. The van der Waals surface area contributed by atoms with Crippen molar-refractivity contribution in [1.82, 2.24) is 19.9 Å². The van der Waals surface area contributed by atoms with E-state index in [1.165, 1.54) is 0 Å². The van der Waals surface area contributed by atoms with Crippen LogP contribution in [0, 0.1) is 0 Å². The van der Waals surface area contributed by atoms with Crippen molar-refractivity contribution < 1.29 is 19.2 Å². The highest BCUT2D eigenvalue weighted by atomic mass is 16.1. The van der Waals surface area contributed by atoms with Crippen LogP contribution in [0.2, 0.25) is 0 Å². The standard InChI is InChI=1S/C48H30N4O4/c53-25-29-1-9-33(10-2-29)45-37-17-19-39(49-37)46(34-11-3-30(26-54)4-12-34)41-21-23-43(51-41)48(36-15-7-32(28-56)8-16-36)44-24-22-42(52-44)47(40-20-18-38(45)50-40)35-13-5-31(27-55)6-14-35/h1,3,5,7,9-24,49,52H,2,4,6,8H2. The second-order valence-corrected chi connectivity index (χ2v) is 13.8. The largest absolute Gasteiger partial charge is 0.354 e. The first-order chi connectivity index (χ1) is 27.5. The summed E-state index contributed by atoms with van der Waals surface area (Å²) < 4.78 is 0. The average molecular weight is 727 g/mol. The van der Waals surface area contributed by atoms with Crippen LogP contribution in [0.5, 0.6) is 0 Å². The van der Waals surface area contributed by atoms with Gasteiger partial charge in [0.15, 0.2) is 0 Å². The first-order valence-corrected chi connectivity index (χ1v) is 18.2. The van der Waals surface area contributed by atoms with E-state index in [-0.39, 0.29) is 0 Å². The lowest BCUT2D eigenvalue weighted by Crippen LogP contribution is -1.97. The van der Waals surface area contributed by atoms with Crippen molar-refractivity contribution in [2.24, 2.45) is 0 Å². The molecular formula is C48H30N4O4. The molecule has 0 fully saturated rings. The van der Waals surface area contributed by atoms with E-state index >= 15 is 0 Å². The summed E-state index contributed by atoms with van der Waals surface area (Å²) in [6.07, 6.45) is 32.6. The van der Waals surface area contributed by atoms with Gasteiger partial charge in [-0.05, 0) is 95.2 Å². The van der Waals surface area contributed by atoms with Crippen LogP contribution in [-0.4, -0.2) is 43.7 Å². The number of allylic oxidation sites excluding steroid dienone is 20. The molecule has 3 aromatic heterocycles. The third-order valence-electron chi connectivity index (χ3n) is 10.5. The Morgan fingerprint density at radius 2 is 0.607 bits per heavy atom. The second-order valence-electron chi connectivity index (χ2n) is 13.8. The van der Waals surface area contributed by atoms with Crippen molar-refractivity contribution in [3.05, 3.63) is 164 Å². The fraction of sp³-hybridized carbons (Fsp3) is 0.0833. The Balaban J connectivity index is 1.42. The molecule has 4 aliphatic carbocycles. The van der Waals surface area contributed by atoms with E-state index in [9.17, 15) is 19.2 Å². The summed E-state index contributed by atoms with van der Waals surface area (Å²) in [6.45, 7) is 0. The minimum absolute atomic E-state index is 0.436. The number of hydrogen-bond acceptors (Lipinski definition) is 6. The molecule has 8 nitrogen and oxygen atoms in total. The van der Waals surface area contributed by atoms with Gasteiger partial charge in [0.2, 0.25) is 0 Å². The Hall–Kier alpha value is -7.68. The highest BCUT2D eigenvalue weighted by Crippen LogP contribution is 2.38. The maximum absolute atomic E-state index is 11.5. The van der Waals surface area contributed by atoms with Gasteiger partial charge in [-0.2, -0.15) is 0 Å². The van der Waals surface area contributed by atoms with Crippen LogP contribution in [0.1, 0.15) is 70.7 Å². The summed E-state index contributed by atoms with van der Waals surface area (Å²) in [5, 5.41) is 0. The molecule has 2 aliphatic heterocycles. The highest BCUT2D eigenvalue weighted by molar-refractivity contribution is 6.00. The van der Waals surface area contributed by atoms with Crippen molar-refractivity contribution in [1.29, 1.82) is 0 Å². The molecule has 0 saturated heterocycles. The zero-order chi connectivity index (χ0) is 38.2. The molecule has 0 unspecified atom stereocenters. The number of aromatic nitrogens is 4. The monoisotopic (exact) mass is 726 g/mol. The molecule has 0 amide bonds. The quantitative estimate of drug-likeness (QED) is 0.178. The van der Waals surface area contributed by atoms with Gasteiger partial charge in [-0.1, -0.05) is 48.6 Å². The summed E-state index contributed by atoms with van der Waals surface area (Å²) in [6, 6.07) is 8.11. The normalized spacial score (nSPS) is 16.9.